The van der Waals surface area contributed by atoms with Crippen molar-refractivity contribution in [3.05, 3.63) is 59.7 Å². The molecule has 8 nitrogen and oxygen atoms in total. The minimum Gasteiger partial charge on any atom is -0.326 e. The summed E-state index contributed by atoms with van der Waals surface area (Å²) in [7, 11) is 0. The van der Waals surface area contributed by atoms with Crippen LogP contribution in [0.1, 0.15) is 24.5 Å². The first-order chi connectivity index (χ1) is 14.0. The number of nitrogens with one attached hydrogen (secondary N) is 2. The van der Waals surface area contributed by atoms with Crippen LogP contribution < -0.4 is 10.6 Å². The van der Waals surface area contributed by atoms with E-state index in [2.05, 4.69) is 26.2 Å². The number of aromatic nitrogens is 4. The molecule has 3 aromatic rings. The molecule has 0 bridgehead atoms. The van der Waals surface area contributed by atoms with Crippen molar-refractivity contribution in [2.24, 2.45) is 0 Å². The summed E-state index contributed by atoms with van der Waals surface area (Å²) in [5.74, 6) is -0.0220. The van der Waals surface area contributed by atoms with Crippen molar-refractivity contribution in [3.63, 3.8) is 0 Å². The smallest absolute Gasteiger partial charge is 0.234 e. The van der Waals surface area contributed by atoms with Crippen LogP contribution in [0.2, 0.25) is 0 Å². The van der Waals surface area contributed by atoms with Gasteiger partial charge < -0.3 is 10.6 Å². The maximum absolute atomic E-state index is 12.3. The highest BCUT2D eigenvalue weighted by Gasteiger charge is 2.11. The standard InChI is InChI=1S/C20H22N6O2S/c1-3-18(27)22-17-10-9-16(11-14(17)2)21-19(28)13-29-20-23-24-25-26(20)12-15-7-5-4-6-8-15/h4-11H,3,12-13H2,1-2H3,(H,21,28)(H,22,27). The first-order valence-electron chi connectivity index (χ1n) is 9.18. The van der Waals surface area contributed by atoms with Gasteiger partial charge in [0, 0.05) is 17.8 Å². The predicted molar refractivity (Wildman–Crippen MR) is 113 cm³/mol. The molecule has 0 saturated carbocycles. The fourth-order valence-electron chi connectivity index (χ4n) is 2.60. The molecule has 0 spiro atoms. The van der Waals surface area contributed by atoms with Crippen molar-refractivity contribution in [3.8, 4) is 0 Å². The molecule has 0 aliphatic rings. The Morgan fingerprint density at radius 2 is 1.86 bits per heavy atom. The molecule has 0 fully saturated rings. The monoisotopic (exact) mass is 410 g/mol. The van der Waals surface area contributed by atoms with Crippen LogP contribution in [0.4, 0.5) is 11.4 Å². The molecule has 2 amide bonds. The number of anilines is 2. The Morgan fingerprint density at radius 1 is 1.07 bits per heavy atom. The second kappa shape index (κ2) is 9.83. The van der Waals surface area contributed by atoms with Crippen LogP contribution in [-0.2, 0) is 16.1 Å². The molecule has 29 heavy (non-hydrogen) atoms. The molecule has 0 atom stereocenters. The Morgan fingerprint density at radius 3 is 2.59 bits per heavy atom. The molecular weight excluding hydrogens is 388 g/mol. The molecule has 9 heteroatoms. The van der Waals surface area contributed by atoms with Gasteiger partial charge in [0.25, 0.3) is 0 Å². The van der Waals surface area contributed by atoms with Gasteiger partial charge in [-0.3, -0.25) is 9.59 Å². The fourth-order valence-corrected chi connectivity index (χ4v) is 3.28. The molecule has 1 heterocycles. The molecule has 0 radical (unpaired) electrons. The summed E-state index contributed by atoms with van der Waals surface area (Å²) >= 11 is 1.28. The number of aryl methyl sites for hydroxylation is 1. The van der Waals surface area contributed by atoms with E-state index < -0.39 is 0 Å². The molecular formula is C20H22N6O2S. The minimum absolute atomic E-state index is 0.0468. The number of rotatable bonds is 8. The van der Waals surface area contributed by atoms with Gasteiger partial charge >= 0.3 is 0 Å². The highest BCUT2D eigenvalue weighted by Crippen LogP contribution is 2.21. The van der Waals surface area contributed by atoms with E-state index in [1.54, 1.807) is 23.7 Å². The van der Waals surface area contributed by atoms with Crippen LogP contribution in [0.3, 0.4) is 0 Å². The van der Waals surface area contributed by atoms with E-state index in [1.807, 2.05) is 43.3 Å². The third-order valence-electron chi connectivity index (χ3n) is 4.11. The van der Waals surface area contributed by atoms with Gasteiger partial charge in [-0.25, -0.2) is 4.68 Å². The molecule has 0 aliphatic carbocycles. The highest BCUT2D eigenvalue weighted by atomic mass is 32.2. The average molecular weight is 411 g/mol. The maximum Gasteiger partial charge on any atom is 0.234 e. The fraction of sp³-hybridized carbons (Fsp3) is 0.250. The van der Waals surface area contributed by atoms with Gasteiger partial charge in [-0.05, 0) is 46.7 Å². The van der Waals surface area contributed by atoms with E-state index in [1.165, 1.54) is 11.8 Å². The van der Waals surface area contributed by atoms with E-state index >= 15 is 0 Å². The molecule has 150 valence electrons. The van der Waals surface area contributed by atoms with Crippen molar-refractivity contribution in [1.29, 1.82) is 0 Å². The largest absolute Gasteiger partial charge is 0.326 e. The van der Waals surface area contributed by atoms with E-state index in [0.717, 1.165) is 16.8 Å². The molecule has 1 aromatic heterocycles. The SMILES string of the molecule is CCC(=O)Nc1ccc(NC(=O)CSc2nnnn2Cc2ccccc2)cc1C. The number of hydrogen-bond acceptors (Lipinski definition) is 6. The lowest BCUT2D eigenvalue weighted by Crippen LogP contribution is -2.15. The van der Waals surface area contributed by atoms with Gasteiger partial charge in [-0.1, -0.05) is 49.0 Å². The lowest BCUT2D eigenvalue weighted by molar-refractivity contribution is -0.116. The van der Waals surface area contributed by atoms with Gasteiger partial charge in [-0.2, -0.15) is 0 Å². The summed E-state index contributed by atoms with van der Waals surface area (Å²) < 4.78 is 1.67. The van der Waals surface area contributed by atoms with Crippen molar-refractivity contribution < 1.29 is 9.59 Å². The molecule has 0 unspecified atom stereocenters. The third-order valence-corrected chi connectivity index (χ3v) is 5.07. The van der Waals surface area contributed by atoms with Gasteiger partial charge in [0.1, 0.15) is 0 Å². The van der Waals surface area contributed by atoms with Gasteiger partial charge in [0.15, 0.2) is 0 Å². The zero-order valence-electron chi connectivity index (χ0n) is 16.3. The second-order valence-corrected chi connectivity index (χ2v) is 7.32. The van der Waals surface area contributed by atoms with E-state index in [-0.39, 0.29) is 17.6 Å². The average Bonchev–Trinajstić information content (AvgIpc) is 3.16. The van der Waals surface area contributed by atoms with Gasteiger partial charge in [-0.15, -0.1) is 5.10 Å². The Balaban J connectivity index is 1.55. The first-order valence-corrected chi connectivity index (χ1v) is 10.2. The Hall–Kier alpha value is -3.20. The lowest BCUT2D eigenvalue weighted by atomic mass is 10.1. The second-order valence-electron chi connectivity index (χ2n) is 6.37. The zero-order valence-corrected chi connectivity index (χ0v) is 17.1. The summed E-state index contributed by atoms with van der Waals surface area (Å²) in [6, 6.07) is 15.2. The number of carbonyl (C=O) groups is 2. The minimum atomic E-state index is -0.158. The van der Waals surface area contributed by atoms with Crippen LogP contribution in [0.25, 0.3) is 0 Å². The van der Waals surface area contributed by atoms with Gasteiger partial charge in [0.05, 0.1) is 12.3 Å². The van der Waals surface area contributed by atoms with Crippen molar-refractivity contribution >= 4 is 35.0 Å². The van der Waals surface area contributed by atoms with Crippen molar-refractivity contribution in [2.75, 3.05) is 16.4 Å². The topological polar surface area (TPSA) is 102 Å². The summed E-state index contributed by atoms with van der Waals surface area (Å²) in [5.41, 5.74) is 3.37. The number of hydrogen-bond donors (Lipinski definition) is 2. The summed E-state index contributed by atoms with van der Waals surface area (Å²) in [4.78, 5) is 23.9. The number of tetrazole rings is 1. The molecule has 0 aliphatic heterocycles. The summed E-state index contributed by atoms with van der Waals surface area (Å²) in [6.07, 6.45) is 0.416. The van der Waals surface area contributed by atoms with Crippen LogP contribution in [-0.4, -0.2) is 37.8 Å². The van der Waals surface area contributed by atoms with Crippen molar-refractivity contribution in [1.82, 2.24) is 20.2 Å². The predicted octanol–water partition coefficient (Wildman–Crippen LogP) is 3.11. The third kappa shape index (κ3) is 5.89. The number of benzene rings is 2. The quantitative estimate of drug-likeness (QED) is 0.553. The Bertz CT molecular complexity index is 990. The normalized spacial score (nSPS) is 10.6. The number of thioether (sulfide) groups is 1. The molecule has 3 rings (SSSR count). The highest BCUT2D eigenvalue weighted by molar-refractivity contribution is 7.99. The van der Waals surface area contributed by atoms with E-state index in [9.17, 15) is 9.59 Å². The Kier molecular flexibility index (Phi) is 6.96. The van der Waals surface area contributed by atoms with E-state index in [0.29, 0.717) is 23.8 Å². The van der Waals surface area contributed by atoms with Crippen LogP contribution in [0, 0.1) is 6.92 Å². The van der Waals surface area contributed by atoms with Crippen LogP contribution in [0.15, 0.2) is 53.7 Å². The number of amides is 2. The maximum atomic E-state index is 12.3. The van der Waals surface area contributed by atoms with Gasteiger partial charge in [0.2, 0.25) is 17.0 Å². The van der Waals surface area contributed by atoms with Crippen molar-refractivity contribution in [2.45, 2.75) is 32.0 Å². The zero-order chi connectivity index (χ0) is 20.6. The summed E-state index contributed by atoms with van der Waals surface area (Å²) in [6.45, 7) is 4.22. The first kappa shape index (κ1) is 20.5. The molecule has 0 saturated heterocycles. The number of carbonyl (C=O) groups excluding carboxylic acids is 2. The lowest BCUT2D eigenvalue weighted by Gasteiger charge is -2.10. The molecule has 2 aromatic carbocycles. The van der Waals surface area contributed by atoms with Crippen LogP contribution in [0.5, 0.6) is 0 Å². The molecule has 2 N–H and O–H groups in total. The van der Waals surface area contributed by atoms with Crippen LogP contribution >= 0.6 is 11.8 Å². The Labute approximate surface area is 173 Å². The summed E-state index contributed by atoms with van der Waals surface area (Å²) in [5, 5.41) is 18.0. The van der Waals surface area contributed by atoms with E-state index in [4.69, 9.17) is 0 Å². The number of nitrogens with zero attached hydrogens (tertiary/aromatic N) is 4.